The highest BCUT2D eigenvalue weighted by molar-refractivity contribution is 5.56. The number of hydrogen-bond acceptors (Lipinski definition) is 5. The van der Waals surface area contributed by atoms with Gasteiger partial charge in [0.05, 0.1) is 19.9 Å². The molecule has 0 bridgehead atoms. The van der Waals surface area contributed by atoms with E-state index in [1.807, 2.05) is 18.2 Å². The number of ether oxygens (including phenoxy) is 1. The van der Waals surface area contributed by atoms with E-state index in [1.165, 1.54) is 24.1 Å². The van der Waals surface area contributed by atoms with Gasteiger partial charge in [-0.3, -0.25) is 4.68 Å². The maximum absolute atomic E-state index is 5.90. The Bertz CT molecular complexity index is 855. The van der Waals surface area contributed by atoms with Gasteiger partial charge < -0.3 is 10.5 Å². The molecule has 24 heavy (non-hydrogen) atoms. The maximum atomic E-state index is 5.90. The van der Waals surface area contributed by atoms with Crippen LogP contribution in [0.1, 0.15) is 30.0 Å². The average Bonchev–Trinajstić information content (AvgIpc) is 3.37. The summed E-state index contributed by atoms with van der Waals surface area (Å²) in [4.78, 5) is 8.65. The van der Waals surface area contributed by atoms with Gasteiger partial charge in [-0.1, -0.05) is 30.3 Å². The summed E-state index contributed by atoms with van der Waals surface area (Å²) in [5, 5.41) is 4.73. The summed E-state index contributed by atoms with van der Waals surface area (Å²) in [6, 6.07) is 12.4. The lowest BCUT2D eigenvalue weighted by Crippen LogP contribution is -2.06. The normalized spacial score (nSPS) is 13.9. The van der Waals surface area contributed by atoms with Crippen molar-refractivity contribution in [3.8, 4) is 17.3 Å². The fraction of sp³-hybridized carbons (Fsp3) is 0.278. The Morgan fingerprint density at radius 3 is 2.71 bits per heavy atom. The number of benzene rings is 1. The minimum Gasteiger partial charge on any atom is -0.491 e. The predicted molar refractivity (Wildman–Crippen MR) is 91.7 cm³/mol. The molecule has 122 valence electrons. The lowest BCUT2D eigenvalue weighted by Gasteiger charge is -2.06. The van der Waals surface area contributed by atoms with E-state index < -0.39 is 0 Å². The van der Waals surface area contributed by atoms with E-state index in [1.54, 1.807) is 13.3 Å². The Hall–Kier alpha value is -2.89. The van der Waals surface area contributed by atoms with Crippen LogP contribution in [0.15, 0.2) is 42.6 Å². The van der Waals surface area contributed by atoms with Gasteiger partial charge in [-0.2, -0.15) is 5.10 Å². The first-order chi connectivity index (χ1) is 11.7. The highest BCUT2D eigenvalue weighted by Gasteiger charge is 2.28. The summed E-state index contributed by atoms with van der Waals surface area (Å²) in [5.41, 5.74) is 9.12. The molecule has 6 nitrogen and oxygen atoms in total. The van der Waals surface area contributed by atoms with E-state index in [0.717, 1.165) is 12.2 Å². The minimum absolute atomic E-state index is 0.327. The monoisotopic (exact) mass is 321 g/mol. The van der Waals surface area contributed by atoms with Gasteiger partial charge in [0.25, 0.3) is 0 Å². The summed E-state index contributed by atoms with van der Waals surface area (Å²) in [7, 11) is 1.55. The van der Waals surface area contributed by atoms with E-state index in [4.69, 9.17) is 15.6 Å². The predicted octanol–water partition coefficient (Wildman–Crippen LogP) is 2.86. The molecule has 1 saturated carbocycles. The van der Waals surface area contributed by atoms with Crippen molar-refractivity contribution in [1.82, 2.24) is 19.7 Å². The third-order valence-electron chi connectivity index (χ3n) is 4.21. The maximum Gasteiger partial charge on any atom is 0.182 e. The Morgan fingerprint density at radius 2 is 2.04 bits per heavy atom. The molecule has 2 heterocycles. The van der Waals surface area contributed by atoms with Gasteiger partial charge in [-0.15, -0.1) is 0 Å². The van der Waals surface area contributed by atoms with Gasteiger partial charge in [-0.05, 0) is 24.5 Å². The molecule has 1 aliphatic carbocycles. The van der Waals surface area contributed by atoms with Crippen LogP contribution in [-0.4, -0.2) is 26.9 Å². The van der Waals surface area contributed by atoms with Crippen molar-refractivity contribution in [1.29, 1.82) is 0 Å². The number of aromatic nitrogens is 4. The molecule has 0 unspecified atom stereocenters. The van der Waals surface area contributed by atoms with Crippen LogP contribution in [0, 0.1) is 0 Å². The topological polar surface area (TPSA) is 78.8 Å². The van der Waals surface area contributed by atoms with Gasteiger partial charge in [0.1, 0.15) is 5.69 Å². The largest absolute Gasteiger partial charge is 0.491 e. The highest BCUT2D eigenvalue weighted by atomic mass is 16.5. The lowest BCUT2D eigenvalue weighted by atomic mass is 10.2. The Kier molecular flexibility index (Phi) is 3.65. The van der Waals surface area contributed by atoms with E-state index in [0.29, 0.717) is 23.3 Å². The molecule has 1 aliphatic rings. The second-order valence-electron chi connectivity index (χ2n) is 6.02. The van der Waals surface area contributed by atoms with Crippen molar-refractivity contribution in [2.75, 3.05) is 12.8 Å². The van der Waals surface area contributed by atoms with Gasteiger partial charge in [0.2, 0.25) is 0 Å². The van der Waals surface area contributed by atoms with Crippen molar-refractivity contribution >= 4 is 5.82 Å². The minimum atomic E-state index is 0.327. The number of methoxy groups -OCH3 is 1. The van der Waals surface area contributed by atoms with Crippen LogP contribution >= 0.6 is 0 Å². The first kappa shape index (κ1) is 14.7. The zero-order valence-electron chi connectivity index (χ0n) is 13.5. The molecule has 0 spiro atoms. The van der Waals surface area contributed by atoms with Crippen molar-refractivity contribution in [2.45, 2.75) is 25.3 Å². The Labute approximate surface area is 140 Å². The van der Waals surface area contributed by atoms with Gasteiger partial charge in [0.15, 0.2) is 17.4 Å². The zero-order chi connectivity index (χ0) is 16.5. The molecular weight excluding hydrogens is 302 g/mol. The highest BCUT2D eigenvalue weighted by Crippen LogP contribution is 2.41. The molecule has 0 saturated heterocycles. The summed E-state index contributed by atoms with van der Waals surface area (Å²) >= 11 is 0. The van der Waals surface area contributed by atoms with Crippen LogP contribution in [-0.2, 0) is 6.54 Å². The third kappa shape index (κ3) is 2.82. The van der Waals surface area contributed by atoms with E-state index in [2.05, 4.69) is 32.8 Å². The standard InChI is InChI=1S/C18H19N5O/c1-24-16-10-20-18(21-17(16)19)14-9-15(13-7-8-13)23(22-14)11-12-5-3-2-4-6-12/h2-6,9-10,13H,7-8,11H2,1H3,(H2,19,20,21). The Balaban J connectivity index is 1.69. The molecule has 6 heteroatoms. The number of hydrogen-bond donors (Lipinski definition) is 1. The first-order valence-electron chi connectivity index (χ1n) is 8.03. The summed E-state index contributed by atoms with van der Waals surface area (Å²) in [5.74, 6) is 1.92. The van der Waals surface area contributed by atoms with Crippen molar-refractivity contribution in [2.24, 2.45) is 0 Å². The summed E-state index contributed by atoms with van der Waals surface area (Å²) < 4.78 is 7.18. The molecule has 0 amide bonds. The fourth-order valence-electron chi connectivity index (χ4n) is 2.80. The van der Waals surface area contributed by atoms with Gasteiger partial charge in [-0.25, -0.2) is 9.97 Å². The van der Waals surface area contributed by atoms with Crippen LogP contribution < -0.4 is 10.5 Å². The third-order valence-corrected chi connectivity index (χ3v) is 4.21. The van der Waals surface area contributed by atoms with E-state index in [9.17, 15) is 0 Å². The molecule has 3 aromatic rings. The summed E-state index contributed by atoms with van der Waals surface area (Å²) in [6.45, 7) is 0.748. The molecule has 0 aliphatic heterocycles. The first-order valence-corrected chi connectivity index (χ1v) is 8.03. The van der Waals surface area contributed by atoms with Gasteiger partial charge in [0, 0.05) is 11.6 Å². The van der Waals surface area contributed by atoms with Crippen molar-refractivity contribution in [3.63, 3.8) is 0 Å². The molecule has 2 N–H and O–H groups in total. The quantitative estimate of drug-likeness (QED) is 0.781. The Morgan fingerprint density at radius 1 is 1.25 bits per heavy atom. The van der Waals surface area contributed by atoms with Crippen LogP contribution in [0.3, 0.4) is 0 Å². The number of nitrogens with two attached hydrogens (primary N) is 1. The smallest absolute Gasteiger partial charge is 0.182 e. The summed E-state index contributed by atoms with van der Waals surface area (Å²) in [6.07, 6.45) is 4.02. The molecule has 1 aromatic carbocycles. The molecule has 0 atom stereocenters. The van der Waals surface area contributed by atoms with Crippen LogP contribution in [0.25, 0.3) is 11.5 Å². The van der Waals surface area contributed by atoms with Crippen molar-refractivity contribution < 1.29 is 4.74 Å². The molecule has 2 aromatic heterocycles. The number of rotatable bonds is 5. The lowest BCUT2D eigenvalue weighted by molar-refractivity contribution is 0.413. The van der Waals surface area contributed by atoms with Gasteiger partial charge >= 0.3 is 0 Å². The van der Waals surface area contributed by atoms with Crippen LogP contribution in [0.4, 0.5) is 5.82 Å². The second kappa shape index (κ2) is 5.96. The fourth-order valence-corrected chi connectivity index (χ4v) is 2.80. The number of nitrogen functional groups attached to an aromatic ring is 1. The van der Waals surface area contributed by atoms with Crippen LogP contribution in [0.2, 0.25) is 0 Å². The number of anilines is 1. The number of nitrogens with zero attached hydrogens (tertiary/aromatic N) is 4. The second-order valence-corrected chi connectivity index (χ2v) is 6.02. The molecule has 4 rings (SSSR count). The zero-order valence-corrected chi connectivity index (χ0v) is 13.5. The molecule has 1 fully saturated rings. The van der Waals surface area contributed by atoms with E-state index >= 15 is 0 Å². The molecular formula is C18H19N5O. The van der Waals surface area contributed by atoms with Crippen LogP contribution in [0.5, 0.6) is 5.75 Å². The van der Waals surface area contributed by atoms with Crippen molar-refractivity contribution in [3.05, 3.63) is 53.9 Å². The average molecular weight is 321 g/mol. The molecule has 0 radical (unpaired) electrons. The van der Waals surface area contributed by atoms with E-state index in [-0.39, 0.29) is 0 Å². The SMILES string of the molecule is COc1cnc(-c2cc(C3CC3)n(Cc3ccccc3)n2)nc1N.